The highest BCUT2D eigenvalue weighted by molar-refractivity contribution is 9.10. The van der Waals surface area contributed by atoms with Crippen LogP contribution in [0.5, 0.6) is 11.5 Å². The van der Waals surface area contributed by atoms with Crippen molar-refractivity contribution < 1.29 is 19.0 Å². The third-order valence-corrected chi connectivity index (χ3v) is 6.20. The molecule has 2 heterocycles. The van der Waals surface area contributed by atoms with Crippen molar-refractivity contribution in [2.75, 3.05) is 18.1 Å². The molecule has 1 saturated heterocycles. The molecule has 0 spiro atoms. The van der Waals surface area contributed by atoms with Gasteiger partial charge < -0.3 is 19.5 Å². The fourth-order valence-electron chi connectivity index (χ4n) is 4.19. The first-order chi connectivity index (χ1) is 14.4. The van der Waals surface area contributed by atoms with Gasteiger partial charge in [0, 0.05) is 15.7 Å². The van der Waals surface area contributed by atoms with Crippen LogP contribution in [0, 0.1) is 5.92 Å². The first kappa shape index (κ1) is 20.9. The van der Waals surface area contributed by atoms with Crippen LogP contribution >= 0.6 is 28.1 Å². The molecule has 0 saturated carbocycles. The molecular formula is C22H23BrN2O4S. The van der Waals surface area contributed by atoms with Gasteiger partial charge in [0.25, 0.3) is 0 Å². The van der Waals surface area contributed by atoms with Gasteiger partial charge in [-0.15, -0.1) is 0 Å². The van der Waals surface area contributed by atoms with E-state index in [2.05, 4.69) is 21.2 Å². The van der Waals surface area contributed by atoms with Gasteiger partial charge in [-0.25, -0.2) is 0 Å². The van der Waals surface area contributed by atoms with Crippen LogP contribution < -0.4 is 19.7 Å². The molecule has 8 heteroatoms. The number of nitrogens with zero attached hydrogens (tertiary/aromatic N) is 1. The molecule has 158 valence electrons. The summed E-state index contributed by atoms with van der Waals surface area (Å²) in [6, 6.07) is 13.0. The minimum atomic E-state index is -1.06. The zero-order valence-electron chi connectivity index (χ0n) is 17.0. The van der Waals surface area contributed by atoms with Gasteiger partial charge in [-0.2, -0.15) is 0 Å². The van der Waals surface area contributed by atoms with Crippen molar-refractivity contribution in [3.05, 3.63) is 52.5 Å². The second-order valence-electron chi connectivity index (χ2n) is 7.26. The number of nitrogens with one attached hydrogen (secondary N) is 1. The number of benzene rings is 2. The number of ether oxygens (including phenoxy) is 3. The van der Waals surface area contributed by atoms with Gasteiger partial charge in [0.05, 0.1) is 19.3 Å². The molecule has 0 aromatic heterocycles. The molecule has 0 unspecified atom stereocenters. The van der Waals surface area contributed by atoms with Crippen molar-refractivity contribution in [3.8, 4) is 11.5 Å². The molecule has 0 amide bonds. The van der Waals surface area contributed by atoms with E-state index in [1.54, 1.807) is 6.92 Å². The summed E-state index contributed by atoms with van der Waals surface area (Å²) in [6.07, 6.45) is 0. The molecular weight excluding hydrogens is 468 g/mol. The molecule has 2 aliphatic rings. The van der Waals surface area contributed by atoms with Crippen LogP contribution in [0.3, 0.4) is 0 Å². The second-order valence-corrected chi connectivity index (χ2v) is 8.56. The van der Waals surface area contributed by atoms with E-state index >= 15 is 0 Å². The summed E-state index contributed by atoms with van der Waals surface area (Å²) in [5, 5.41) is 3.84. The standard InChI is InChI=1S/C22H23BrN2O4S/c1-4-27-15-9-7-14(8-10-15)25-21(30)24-19-16-12-13(23)6-11-17(16)29-22(25,3)18(19)20(26)28-5-2/h6-12,18-19H,4-5H2,1-3H3,(H,24,30)/t18-,19+,22+/m0/s1. The molecule has 0 radical (unpaired) electrons. The average Bonchev–Trinajstić information content (AvgIpc) is 2.70. The minimum Gasteiger partial charge on any atom is -0.494 e. The lowest BCUT2D eigenvalue weighted by molar-refractivity contribution is -0.159. The number of halogens is 1. The third kappa shape index (κ3) is 3.41. The number of carbonyl (C=O) groups excluding carboxylic acids is 1. The van der Waals surface area contributed by atoms with E-state index < -0.39 is 11.6 Å². The van der Waals surface area contributed by atoms with E-state index in [4.69, 9.17) is 26.4 Å². The van der Waals surface area contributed by atoms with E-state index in [9.17, 15) is 4.79 Å². The van der Waals surface area contributed by atoms with E-state index in [0.717, 1.165) is 21.5 Å². The molecule has 6 nitrogen and oxygen atoms in total. The lowest BCUT2D eigenvalue weighted by Crippen LogP contribution is -2.71. The van der Waals surface area contributed by atoms with E-state index in [1.165, 1.54) is 0 Å². The van der Waals surface area contributed by atoms with Crippen LogP contribution in [0.15, 0.2) is 46.9 Å². The number of carbonyl (C=O) groups is 1. The number of anilines is 1. The van der Waals surface area contributed by atoms with Gasteiger partial charge in [-0.05, 0) is 75.5 Å². The lowest BCUT2D eigenvalue weighted by Gasteiger charge is -2.55. The monoisotopic (exact) mass is 490 g/mol. The largest absolute Gasteiger partial charge is 0.494 e. The van der Waals surface area contributed by atoms with Crippen molar-refractivity contribution in [1.29, 1.82) is 0 Å². The van der Waals surface area contributed by atoms with E-state index in [1.807, 2.05) is 61.2 Å². The fraction of sp³-hybridized carbons (Fsp3) is 0.364. The average molecular weight is 491 g/mol. The number of hydrogen-bond acceptors (Lipinski definition) is 5. The maximum Gasteiger partial charge on any atom is 0.317 e. The van der Waals surface area contributed by atoms with Crippen LogP contribution in [-0.4, -0.2) is 30.0 Å². The smallest absolute Gasteiger partial charge is 0.317 e. The van der Waals surface area contributed by atoms with Gasteiger partial charge in [0.2, 0.25) is 5.72 Å². The molecule has 2 aromatic rings. The summed E-state index contributed by atoms with van der Waals surface area (Å²) in [7, 11) is 0. The van der Waals surface area contributed by atoms with Gasteiger partial charge in [-0.3, -0.25) is 9.69 Å². The molecule has 4 rings (SSSR count). The molecule has 1 fully saturated rings. The number of thiocarbonyl (C=S) groups is 1. The third-order valence-electron chi connectivity index (χ3n) is 5.41. The first-order valence-corrected chi connectivity index (χ1v) is 11.1. The number of rotatable bonds is 5. The Bertz CT molecular complexity index is 984. The predicted molar refractivity (Wildman–Crippen MR) is 122 cm³/mol. The highest BCUT2D eigenvalue weighted by atomic mass is 79.9. The van der Waals surface area contributed by atoms with Crippen molar-refractivity contribution in [2.24, 2.45) is 5.92 Å². The minimum absolute atomic E-state index is 0.289. The molecule has 2 aromatic carbocycles. The van der Waals surface area contributed by atoms with Crippen molar-refractivity contribution >= 4 is 44.9 Å². The molecule has 1 N–H and O–H groups in total. The summed E-state index contributed by atoms with van der Waals surface area (Å²) in [6.45, 7) is 6.50. The van der Waals surface area contributed by atoms with E-state index in [-0.39, 0.29) is 18.6 Å². The zero-order valence-corrected chi connectivity index (χ0v) is 19.4. The van der Waals surface area contributed by atoms with Crippen LogP contribution in [0.4, 0.5) is 5.69 Å². The van der Waals surface area contributed by atoms with Gasteiger partial charge in [0.1, 0.15) is 17.4 Å². The second kappa shape index (κ2) is 8.07. The van der Waals surface area contributed by atoms with Crippen LogP contribution in [0.2, 0.25) is 0 Å². The number of esters is 1. The van der Waals surface area contributed by atoms with Crippen molar-refractivity contribution in [3.63, 3.8) is 0 Å². The van der Waals surface area contributed by atoms with Crippen molar-refractivity contribution in [1.82, 2.24) is 5.32 Å². The molecule has 0 aliphatic carbocycles. The Morgan fingerprint density at radius 1 is 1.23 bits per heavy atom. The topological polar surface area (TPSA) is 60.0 Å². The SMILES string of the molecule is CCOC(=O)[C@@H]1[C@@H]2NC(=S)N(c3ccc(OCC)cc3)[C@]1(C)Oc1ccc(Br)cc12. The van der Waals surface area contributed by atoms with Gasteiger partial charge >= 0.3 is 5.97 Å². The Labute approximate surface area is 189 Å². The maximum absolute atomic E-state index is 13.1. The Kier molecular flexibility index (Phi) is 5.63. The number of fused-ring (bicyclic) bond motifs is 4. The lowest BCUT2D eigenvalue weighted by atomic mass is 9.79. The van der Waals surface area contributed by atoms with Gasteiger partial charge in [-0.1, -0.05) is 15.9 Å². The summed E-state index contributed by atoms with van der Waals surface area (Å²) < 4.78 is 18.4. The fourth-order valence-corrected chi connectivity index (χ4v) is 4.99. The maximum atomic E-state index is 13.1. The Balaban J connectivity index is 1.83. The Hall–Kier alpha value is -2.32. The Morgan fingerprint density at radius 2 is 1.97 bits per heavy atom. The van der Waals surface area contributed by atoms with Crippen LogP contribution in [0.25, 0.3) is 0 Å². The summed E-state index contributed by atoms with van der Waals surface area (Å²) in [5.74, 6) is 0.512. The Morgan fingerprint density at radius 3 is 2.63 bits per heavy atom. The molecule has 30 heavy (non-hydrogen) atoms. The zero-order chi connectivity index (χ0) is 21.5. The highest BCUT2D eigenvalue weighted by Crippen LogP contribution is 2.50. The quantitative estimate of drug-likeness (QED) is 0.486. The van der Waals surface area contributed by atoms with Crippen LogP contribution in [0.1, 0.15) is 32.4 Å². The van der Waals surface area contributed by atoms with Gasteiger partial charge in [0.15, 0.2) is 5.11 Å². The first-order valence-electron chi connectivity index (χ1n) is 9.87. The van der Waals surface area contributed by atoms with Crippen LogP contribution in [-0.2, 0) is 9.53 Å². The highest BCUT2D eigenvalue weighted by Gasteiger charge is 2.59. The van der Waals surface area contributed by atoms with E-state index in [0.29, 0.717) is 17.5 Å². The summed E-state index contributed by atoms with van der Waals surface area (Å²) in [4.78, 5) is 14.9. The molecule has 2 bridgehead atoms. The molecule has 2 aliphatic heterocycles. The normalized spacial score (nSPS) is 24.4. The predicted octanol–water partition coefficient (Wildman–Crippen LogP) is 4.57. The van der Waals surface area contributed by atoms with Crippen molar-refractivity contribution in [2.45, 2.75) is 32.5 Å². The number of hydrogen-bond donors (Lipinski definition) is 1. The molecule has 3 atom stereocenters. The summed E-state index contributed by atoms with van der Waals surface area (Å²) >= 11 is 9.24. The summed E-state index contributed by atoms with van der Waals surface area (Å²) in [5.41, 5.74) is 0.605.